The second kappa shape index (κ2) is 9.01. The standard InChI is InChI=1S/C18H20BrN3O4S/c1-13-4-7-16(8-5-13)22(27(3,24)25)12-18(23)21-20-11-14-10-15(19)6-9-17(14)26-2/h4-11H,12H2,1-3H3,(H,21,23)/b20-11-. The molecule has 2 aromatic rings. The third kappa shape index (κ3) is 6.07. The molecule has 0 aromatic heterocycles. The quantitative estimate of drug-likeness (QED) is 0.515. The molecule has 0 radical (unpaired) electrons. The van der Waals surface area contributed by atoms with Crippen LogP contribution in [0.5, 0.6) is 5.75 Å². The summed E-state index contributed by atoms with van der Waals surface area (Å²) in [5, 5.41) is 3.89. The molecule has 7 nitrogen and oxygen atoms in total. The van der Waals surface area contributed by atoms with Gasteiger partial charge in [0.25, 0.3) is 5.91 Å². The first-order chi connectivity index (χ1) is 12.7. The summed E-state index contributed by atoms with van der Waals surface area (Å²) in [5.41, 5.74) is 4.40. The fraction of sp³-hybridized carbons (Fsp3) is 0.222. The molecule has 1 N–H and O–H groups in total. The number of nitrogens with zero attached hydrogens (tertiary/aromatic N) is 2. The van der Waals surface area contributed by atoms with Gasteiger partial charge in [0.15, 0.2) is 0 Å². The Labute approximate surface area is 167 Å². The van der Waals surface area contributed by atoms with E-state index in [0.717, 1.165) is 20.6 Å². The Morgan fingerprint density at radius 1 is 1.26 bits per heavy atom. The summed E-state index contributed by atoms with van der Waals surface area (Å²) in [6, 6.07) is 12.2. The summed E-state index contributed by atoms with van der Waals surface area (Å²) < 4.78 is 31.2. The van der Waals surface area contributed by atoms with Crippen LogP contribution in [0.2, 0.25) is 0 Å². The molecule has 0 aliphatic rings. The van der Waals surface area contributed by atoms with Crippen molar-refractivity contribution in [3.05, 3.63) is 58.1 Å². The Kier molecular flexibility index (Phi) is 6.98. The maximum absolute atomic E-state index is 12.2. The number of halogens is 1. The second-order valence-electron chi connectivity index (χ2n) is 5.78. The van der Waals surface area contributed by atoms with Gasteiger partial charge < -0.3 is 4.74 Å². The van der Waals surface area contributed by atoms with Crippen molar-refractivity contribution in [1.29, 1.82) is 0 Å². The summed E-state index contributed by atoms with van der Waals surface area (Å²) in [6.45, 7) is 1.51. The van der Waals surface area contributed by atoms with Gasteiger partial charge in [0, 0.05) is 10.0 Å². The van der Waals surface area contributed by atoms with Crippen molar-refractivity contribution in [2.45, 2.75) is 6.92 Å². The smallest absolute Gasteiger partial charge is 0.260 e. The molecule has 1 amide bonds. The van der Waals surface area contributed by atoms with Crippen molar-refractivity contribution in [3.8, 4) is 5.75 Å². The van der Waals surface area contributed by atoms with Gasteiger partial charge in [-0.2, -0.15) is 5.10 Å². The lowest BCUT2D eigenvalue weighted by atomic mass is 10.2. The number of carbonyl (C=O) groups is 1. The van der Waals surface area contributed by atoms with Crippen LogP contribution in [0.1, 0.15) is 11.1 Å². The van der Waals surface area contributed by atoms with E-state index < -0.39 is 15.9 Å². The number of hydrazone groups is 1. The van der Waals surface area contributed by atoms with Gasteiger partial charge in [-0.15, -0.1) is 0 Å². The molecule has 0 heterocycles. The normalized spacial score (nSPS) is 11.4. The molecule has 9 heteroatoms. The third-order valence-corrected chi connectivity index (χ3v) is 5.23. The van der Waals surface area contributed by atoms with Gasteiger partial charge >= 0.3 is 0 Å². The van der Waals surface area contributed by atoms with Crippen LogP contribution in [0.3, 0.4) is 0 Å². The average molecular weight is 454 g/mol. The molecule has 0 atom stereocenters. The van der Waals surface area contributed by atoms with Crippen LogP contribution in [0, 0.1) is 6.92 Å². The fourth-order valence-corrected chi connectivity index (χ4v) is 3.49. The van der Waals surface area contributed by atoms with Gasteiger partial charge in [0.2, 0.25) is 10.0 Å². The van der Waals surface area contributed by atoms with Crippen LogP contribution in [-0.4, -0.2) is 40.4 Å². The highest BCUT2D eigenvalue weighted by Gasteiger charge is 2.20. The number of anilines is 1. The number of benzene rings is 2. The lowest BCUT2D eigenvalue weighted by molar-refractivity contribution is -0.119. The van der Waals surface area contributed by atoms with Gasteiger partial charge in [0.1, 0.15) is 12.3 Å². The van der Waals surface area contributed by atoms with E-state index in [9.17, 15) is 13.2 Å². The van der Waals surface area contributed by atoms with E-state index in [1.54, 1.807) is 36.4 Å². The molecule has 0 aliphatic heterocycles. The molecule has 0 fully saturated rings. The largest absolute Gasteiger partial charge is 0.496 e. The van der Waals surface area contributed by atoms with Crippen molar-refractivity contribution >= 4 is 43.8 Å². The van der Waals surface area contributed by atoms with E-state index in [-0.39, 0.29) is 6.54 Å². The number of amides is 1. The number of hydrogen-bond acceptors (Lipinski definition) is 5. The number of ether oxygens (including phenoxy) is 1. The Morgan fingerprint density at radius 2 is 1.93 bits per heavy atom. The maximum atomic E-state index is 12.2. The van der Waals surface area contributed by atoms with Crippen LogP contribution in [0.4, 0.5) is 5.69 Å². The van der Waals surface area contributed by atoms with Crippen molar-refractivity contribution in [2.24, 2.45) is 5.10 Å². The van der Waals surface area contributed by atoms with Crippen molar-refractivity contribution in [1.82, 2.24) is 5.43 Å². The monoisotopic (exact) mass is 453 g/mol. The molecule has 27 heavy (non-hydrogen) atoms. The first kappa shape index (κ1) is 20.9. The Balaban J connectivity index is 2.10. The number of methoxy groups -OCH3 is 1. The number of rotatable bonds is 7. The van der Waals surface area contributed by atoms with E-state index in [1.165, 1.54) is 13.3 Å². The first-order valence-corrected chi connectivity index (χ1v) is 10.5. The third-order valence-electron chi connectivity index (χ3n) is 3.59. The summed E-state index contributed by atoms with van der Waals surface area (Å²) in [4.78, 5) is 12.2. The minimum Gasteiger partial charge on any atom is -0.496 e. The molecular weight excluding hydrogens is 434 g/mol. The van der Waals surface area contributed by atoms with Crippen LogP contribution in [0.15, 0.2) is 52.0 Å². The van der Waals surface area contributed by atoms with E-state index in [1.807, 2.05) is 13.0 Å². The summed E-state index contributed by atoms with van der Waals surface area (Å²) in [6.07, 6.45) is 2.48. The van der Waals surface area contributed by atoms with Gasteiger partial charge in [-0.25, -0.2) is 13.8 Å². The number of carbonyl (C=O) groups excluding carboxylic acids is 1. The predicted molar refractivity (Wildman–Crippen MR) is 110 cm³/mol. The molecule has 0 unspecified atom stereocenters. The maximum Gasteiger partial charge on any atom is 0.260 e. The highest BCUT2D eigenvalue weighted by atomic mass is 79.9. The number of sulfonamides is 1. The zero-order valence-corrected chi connectivity index (χ0v) is 17.5. The van der Waals surface area contributed by atoms with Crippen molar-refractivity contribution in [2.75, 3.05) is 24.2 Å². The molecule has 0 saturated heterocycles. The van der Waals surface area contributed by atoms with Crippen molar-refractivity contribution in [3.63, 3.8) is 0 Å². The summed E-state index contributed by atoms with van der Waals surface area (Å²) >= 11 is 3.35. The SMILES string of the molecule is COc1ccc(Br)cc1/C=N\NC(=O)CN(c1ccc(C)cc1)S(C)(=O)=O. The molecule has 0 bridgehead atoms. The molecule has 2 aromatic carbocycles. The molecule has 144 valence electrons. The number of aryl methyl sites for hydroxylation is 1. The van der Waals surface area contributed by atoms with Crippen LogP contribution >= 0.6 is 15.9 Å². The van der Waals surface area contributed by atoms with E-state index in [0.29, 0.717) is 17.0 Å². The zero-order chi connectivity index (χ0) is 20.0. The highest BCUT2D eigenvalue weighted by molar-refractivity contribution is 9.10. The van der Waals surface area contributed by atoms with Gasteiger partial charge in [-0.05, 0) is 37.3 Å². The second-order valence-corrected chi connectivity index (χ2v) is 8.61. The minimum atomic E-state index is -3.62. The molecular formula is C18H20BrN3O4S. The minimum absolute atomic E-state index is 0.380. The van der Waals surface area contributed by atoms with Gasteiger partial charge in [-0.1, -0.05) is 33.6 Å². The average Bonchev–Trinajstić information content (AvgIpc) is 2.60. The highest BCUT2D eigenvalue weighted by Crippen LogP contribution is 2.21. The van der Waals surface area contributed by atoms with Crippen LogP contribution in [0.25, 0.3) is 0 Å². The zero-order valence-electron chi connectivity index (χ0n) is 15.1. The van der Waals surface area contributed by atoms with E-state index in [4.69, 9.17) is 4.74 Å². The van der Waals surface area contributed by atoms with E-state index >= 15 is 0 Å². The van der Waals surface area contributed by atoms with Gasteiger partial charge in [-0.3, -0.25) is 9.10 Å². The molecule has 0 spiro atoms. The fourth-order valence-electron chi connectivity index (χ4n) is 2.26. The van der Waals surface area contributed by atoms with E-state index in [2.05, 4.69) is 26.5 Å². The lowest BCUT2D eigenvalue weighted by Crippen LogP contribution is -2.39. The number of nitrogens with one attached hydrogen (secondary N) is 1. The topological polar surface area (TPSA) is 88.1 Å². The lowest BCUT2D eigenvalue weighted by Gasteiger charge is -2.21. The van der Waals surface area contributed by atoms with Crippen molar-refractivity contribution < 1.29 is 17.9 Å². The summed E-state index contributed by atoms with van der Waals surface area (Å²) in [7, 11) is -2.09. The molecule has 2 rings (SSSR count). The predicted octanol–water partition coefficient (Wildman–Crippen LogP) is 2.68. The van der Waals surface area contributed by atoms with Crippen LogP contribution < -0.4 is 14.5 Å². The molecule has 0 saturated carbocycles. The molecule has 0 aliphatic carbocycles. The number of hydrogen-bond donors (Lipinski definition) is 1. The summed E-state index contributed by atoms with van der Waals surface area (Å²) in [5.74, 6) is 0.0276. The Hall–Kier alpha value is -2.39. The first-order valence-electron chi connectivity index (χ1n) is 7.90. The Morgan fingerprint density at radius 3 is 2.52 bits per heavy atom. The Bertz CT molecular complexity index is 944. The van der Waals surface area contributed by atoms with Crippen LogP contribution in [-0.2, 0) is 14.8 Å². The van der Waals surface area contributed by atoms with Gasteiger partial charge in [0.05, 0.1) is 25.3 Å².